The maximum atomic E-state index is 7.33. The fraction of sp³-hybridized carbons (Fsp3) is 0.125. The largest absolute Gasteiger partial charge is 0.454 e. The third-order valence-corrected chi connectivity index (χ3v) is 15.5. The number of rotatable bonds is 5. The summed E-state index contributed by atoms with van der Waals surface area (Å²) in [4.78, 5) is 4.97. The fourth-order valence-electron chi connectivity index (χ4n) is 12.6. The van der Waals surface area contributed by atoms with E-state index in [9.17, 15) is 0 Å². The summed E-state index contributed by atoms with van der Waals surface area (Å²) in [6.07, 6.45) is 6.31. The summed E-state index contributed by atoms with van der Waals surface area (Å²) in [6, 6.07) is 77.3. The van der Waals surface area contributed by atoms with Gasteiger partial charge in [-0.2, -0.15) is 0 Å². The highest BCUT2D eigenvalue weighted by molar-refractivity contribution is 6.18. The quantitative estimate of drug-likeness (QED) is 0.172. The molecule has 11 aromatic rings. The Morgan fingerprint density at radius 2 is 1.07 bits per heavy atom. The SMILES string of the molecule is Cc1ccc(N(c2cc3c(c4ccccc24)-c2c(ccc4ccccc24)C32c3ccccc3N(c3ccccc3)c3ccccc32)c2cccc3c2oc2c(C4CCCCC4)cccc23)cc1. The van der Waals surface area contributed by atoms with Crippen LogP contribution < -0.4 is 9.80 Å². The first-order valence-electron chi connectivity index (χ1n) is 24.1. The van der Waals surface area contributed by atoms with E-state index in [-0.39, 0.29) is 0 Å². The third-order valence-electron chi connectivity index (χ3n) is 15.5. The van der Waals surface area contributed by atoms with E-state index in [1.807, 2.05) is 0 Å². The van der Waals surface area contributed by atoms with Crippen molar-refractivity contribution in [1.82, 2.24) is 0 Å². The predicted octanol–water partition coefficient (Wildman–Crippen LogP) is 17.9. The first kappa shape index (κ1) is 38.4. The molecule has 1 spiro atoms. The molecule has 10 aromatic carbocycles. The molecule has 3 aliphatic rings. The summed E-state index contributed by atoms with van der Waals surface area (Å²) in [6.45, 7) is 2.17. The second-order valence-electron chi connectivity index (χ2n) is 19.0. The highest BCUT2D eigenvalue weighted by atomic mass is 16.3. The summed E-state index contributed by atoms with van der Waals surface area (Å²) in [5.74, 6) is 0.517. The first-order valence-corrected chi connectivity index (χ1v) is 24.1. The van der Waals surface area contributed by atoms with Crippen LogP contribution in [0.3, 0.4) is 0 Å². The Morgan fingerprint density at radius 1 is 0.463 bits per heavy atom. The minimum atomic E-state index is -0.662. The average molecular weight is 861 g/mol. The lowest BCUT2D eigenvalue weighted by Gasteiger charge is -2.45. The Balaban J connectivity index is 1.12. The van der Waals surface area contributed by atoms with Gasteiger partial charge in [0, 0.05) is 27.5 Å². The fourth-order valence-corrected chi connectivity index (χ4v) is 12.6. The van der Waals surface area contributed by atoms with Gasteiger partial charge in [-0.25, -0.2) is 0 Å². The van der Waals surface area contributed by atoms with Crippen LogP contribution in [-0.2, 0) is 5.41 Å². The number of furan rings is 1. The molecule has 3 nitrogen and oxygen atoms in total. The molecule has 0 atom stereocenters. The molecule has 1 saturated carbocycles. The molecular formula is C64H48N2O. The monoisotopic (exact) mass is 860 g/mol. The number of para-hydroxylation sites is 5. The standard InChI is InChI=1S/C64H48N2O/c1-41-34-37-45(38-35-41)66(58-33-17-28-51-50-27-16-26-47(62(50)67-63(51)58)42-18-4-2-5-19-42)59-40-55-61(49-25-11-10-24-48(49)59)60-46-23-9-8-20-43(46)36-39-54(60)64(55)52-29-12-14-31-56(52)65(44-21-6-3-7-22-44)57-32-15-13-30-53(57)64/h3,6-17,20-40,42H,2,4-5,18-19H2,1H3. The van der Waals surface area contributed by atoms with Crippen LogP contribution >= 0.6 is 0 Å². The highest BCUT2D eigenvalue weighted by Gasteiger charge is 2.53. The van der Waals surface area contributed by atoms with Crippen LogP contribution in [0.25, 0.3) is 54.6 Å². The zero-order valence-electron chi connectivity index (χ0n) is 37.5. The Morgan fingerprint density at radius 3 is 1.84 bits per heavy atom. The van der Waals surface area contributed by atoms with Crippen molar-refractivity contribution in [2.45, 2.75) is 50.4 Å². The van der Waals surface area contributed by atoms with E-state index < -0.39 is 5.41 Å². The highest BCUT2D eigenvalue weighted by Crippen LogP contribution is 2.66. The molecule has 2 heterocycles. The van der Waals surface area contributed by atoms with Gasteiger partial charge in [-0.1, -0.05) is 183 Å². The topological polar surface area (TPSA) is 19.6 Å². The number of benzene rings is 10. The van der Waals surface area contributed by atoms with Crippen LogP contribution in [0.2, 0.25) is 0 Å². The van der Waals surface area contributed by atoms with Crippen LogP contribution in [0.15, 0.2) is 211 Å². The molecule has 320 valence electrons. The predicted molar refractivity (Wildman–Crippen MR) is 280 cm³/mol. The average Bonchev–Trinajstić information content (AvgIpc) is 3.93. The van der Waals surface area contributed by atoms with E-state index in [4.69, 9.17) is 4.42 Å². The summed E-state index contributed by atoms with van der Waals surface area (Å²) < 4.78 is 7.33. The number of fused-ring (bicyclic) bond motifs is 16. The van der Waals surface area contributed by atoms with Crippen molar-refractivity contribution in [3.05, 3.63) is 240 Å². The summed E-state index contributed by atoms with van der Waals surface area (Å²) in [7, 11) is 0. The number of hydrogen-bond acceptors (Lipinski definition) is 3. The van der Waals surface area contributed by atoms with E-state index >= 15 is 0 Å². The molecule has 1 aliphatic heterocycles. The summed E-state index contributed by atoms with van der Waals surface area (Å²) >= 11 is 0. The Labute approximate surface area is 391 Å². The zero-order chi connectivity index (χ0) is 44.2. The number of aryl methyl sites for hydroxylation is 1. The summed E-state index contributed by atoms with van der Waals surface area (Å²) in [5.41, 5.74) is 18.4. The van der Waals surface area contributed by atoms with Crippen molar-refractivity contribution in [2.24, 2.45) is 0 Å². The van der Waals surface area contributed by atoms with Crippen molar-refractivity contribution >= 4 is 77.6 Å². The van der Waals surface area contributed by atoms with E-state index in [0.717, 1.165) is 39.3 Å². The van der Waals surface area contributed by atoms with Crippen molar-refractivity contribution in [2.75, 3.05) is 9.80 Å². The molecule has 14 rings (SSSR count). The molecule has 67 heavy (non-hydrogen) atoms. The lowest BCUT2D eigenvalue weighted by atomic mass is 9.64. The van der Waals surface area contributed by atoms with Gasteiger partial charge in [0.1, 0.15) is 5.58 Å². The van der Waals surface area contributed by atoms with Crippen molar-refractivity contribution in [1.29, 1.82) is 0 Å². The van der Waals surface area contributed by atoms with Crippen LogP contribution in [0.1, 0.15) is 71.4 Å². The molecule has 0 saturated heterocycles. The normalized spacial score (nSPS) is 15.0. The van der Waals surface area contributed by atoms with Crippen molar-refractivity contribution in [3.63, 3.8) is 0 Å². The van der Waals surface area contributed by atoms with Gasteiger partial charge in [-0.3, -0.25) is 0 Å². The third kappa shape index (κ3) is 5.46. The Kier molecular flexibility index (Phi) is 8.49. The molecule has 3 heteroatoms. The molecule has 2 aliphatic carbocycles. The minimum Gasteiger partial charge on any atom is -0.454 e. The van der Waals surface area contributed by atoms with E-state index in [2.05, 4.69) is 223 Å². The zero-order valence-corrected chi connectivity index (χ0v) is 37.5. The molecule has 0 unspecified atom stereocenters. The van der Waals surface area contributed by atoms with Gasteiger partial charge in [0.05, 0.1) is 28.2 Å². The second kappa shape index (κ2) is 14.8. The second-order valence-corrected chi connectivity index (χ2v) is 19.0. The van der Waals surface area contributed by atoms with Gasteiger partial charge in [-0.15, -0.1) is 0 Å². The van der Waals surface area contributed by atoms with Crippen LogP contribution in [0.4, 0.5) is 34.1 Å². The molecule has 0 amide bonds. The lowest BCUT2D eigenvalue weighted by Crippen LogP contribution is -2.36. The number of hydrogen-bond donors (Lipinski definition) is 0. The summed E-state index contributed by atoms with van der Waals surface area (Å²) in [5, 5.41) is 7.29. The van der Waals surface area contributed by atoms with Crippen molar-refractivity contribution < 1.29 is 4.42 Å². The van der Waals surface area contributed by atoms with E-state index in [0.29, 0.717) is 5.92 Å². The maximum Gasteiger partial charge on any atom is 0.159 e. The van der Waals surface area contributed by atoms with Gasteiger partial charge in [0.2, 0.25) is 0 Å². The molecule has 0 N–H and O–H groups in total. The Bertz CT molecular complexity index is 3720. The maximum absolute atomic E-state index is 7.33. The van der Waals surface area contributed by atoms with Gasteiger partial charge in [0.25, 0.3) is 0 Å². The van der Waals surface area contributed by atoms with Crippen molar-refractivity contribution in [3.8, 4) is 11.1 Å². The van der Waals surface area contributed by atoms with Gasteiger partial charge in [0.15, 0.2) is 5.58 Å². The van der Waals surface area contributed by atoms with Crippen LogP contribution in [0.5, 0.6) is 0 Å². The Hall–Kier alpha value is -7.88. The van der Waals surface area contributed by atoms with E-state index in [1.165, 1.54) is 115 Å². The first-order chi connectivity index (χ1) is 33.2. The van der Waals surface area contributed by atoms with E-state index in [1.54, 1.807) is 0 Å². The number of nitrogens with zero attached hydrogens (tertiary/aromatic N) is 2. The van der Waals surface area contributed by atoms with Crippen LogP contribution in [-0.4, -0.2) is 0 Å². The van der Waals surface area contributed by atoms with Gasteiger partial charge < -0.3 is 14.2 Å². The smallest absolute Gasteiger partial charge is 0.159 e. The van der Waals surface area contributed by atoms with Crippen LogP contribution in [0, 0.1) is 6.92 Å². The lowest BCUT2D eigenvalue weighted by molar-refractivity contribution is 0.442. The molecule has 1 aromatic heterocycles. The van der Waals surface area contributed by atoms with Gasteiger partial charge in [-0.05, 0) is 129 Å². The molecular weight excluding hydrogens is 813 g/mol. The minimum absolute atomic E-state index is 0.517. The number of anilines is 6. The molecule has 0 bridgehead atoms. The molecule has 1 fully saturated rings. The van der Waals surface area contributed by atoms with Gasteiger partial charge >= 0.3 is 0 Å². The molecule has 0 radical (unpaired) electrons.